The zero-order valence-corrected chi connectivity index (χ0v) is 9.39. The summed E-state index contributed by atoms with van der Waals surface area (Å²) in [6.07, 6.45) is 3.06. The number of sulfonamides is 1. The van der Waals surface area contributed by atoms with Crippen LogP contribution in [0, 0.1) is 0 Å². The van der Waals surface area contributed by atoms with Crippen LogP contribution in [0.15, 0.2) is 12.7 Å². The fourth-order valence-electron chi connectivity index (χ4n) is 1.55. The molecule has 0 aliphatic carbocycles. The van der Waals surface area contributed by atoms with Crippen LogP contribution >= 0.6 is 0 Å². The second-order valence-corrected chi connectivity index (χ2v) is 5.70. The lowest BCUT2D eigenvalue weighted by atomic mass is 10.3. The zero-order valence-electron chi connectivity index (χ0n) is 8.57. The van der Waals surface area contributed by atoms with Crippen molar-refractivity contribution in [3.8, 4) is 0 Å². The van der Waals surface area contributed by atoms with Crippen molar-refractivity contribution in [2.75, 3.05) is 25.9 Å². The molecule has 0 saturated carbocycles. The standard InChI is InChI=1S/C9H18N2O2S/c1-3-4-7-14(12,13)11(2)9-5-6-10-8-9/h3,9-10H,1,4-8H2,2H3. The van der Waals surface area contributed by atoms with Gasteiger partial charge in [0.15, 0.2) is 0 Å². The van der Waals surface area contributed by atoms with Gasteiger partial charge >= 0.3 is 0 Å². The van der Waals surface area contributed by atoms with Crippen LogP contribution in [0.3, 0.4) is 0 Å². The maximum absolute atomic E-state index is 11.7. The second-order valence-electron chi connectivity index (χ2n) is 3.56. The third-order valence-electron chi connectivity index (χ3n) is 2.57. The van der Waals surface area contributed by atoms with E-state index in [1.54, 1.807) is 13.1 Å². The number of rotatable bonds is 5. The number of hydrogen-bond donors (Lipinski definition) is 1. The Labute approximate surface area is 86.0 Å². The molecule has 0 aromatic rings. The van der Waals surface area contributed by atoms with Crippen LogP contribution in [0.2, 0.25) is 0 Å². The first-order valence-corrected chi connectivity index (χ1v) is 6.46. The third kappa shape index (κ3) is 2.80. The summed E-state index contributed by atoms with van der Waals surface area (Å²) in [7, 11) is -1.42. The molecule has 0 aromatic carbocycles. The summed E-state index contributed by atoms with van der Waals surface area (Å²) < 4.78 is 25.0. The van der Waals surface area contributed by atoms with E-state index in [1.807, 2.05) is 0 Å². The molecule has 14 heavy (non-hydrogen) atoms. The van der Waals surface area contributed by atoms with Crippen LogP contribution in [-0.2, 0) is 10.0 Å². The number of nitrogens with one attached hydrogen (secondary N) is 1. The SMILES string of the molecule is C=CCCS(=O)(=O)N(C)C1CCNC1. The molecule has 1 saturated heterocycles. The van der Waals surface area contributed by atoms with Gasteiger partial charge in [0.1, 0.15) is 0 Å². The van der Waals surface area contributed by atoms with E-state index in [0.29, 0.717) is 6.42 Å². The van der Waals surface area contributed by atoms with Gasteiger partial charge in [0, 0.05) is 19.6 Å². The van der Waals surface area contributed by atoms with Crippen LogP contribution in [0.1, 0.15) is 12.8 Å². The fourth-order valence-corrected chi connectivity index (χ4v) is 2.94. The van der Waals surface area contributed by atoms with Crippen LogP contribution in [0.4, 0.5) is 0 Å². The molecule has 1 aliphatic heterocycles. The average Bonchev–Trinajstić information content (AvgIpc) is 2.66. The smallest absolute Gasteiger partial charge is 0.214 e. The lowest BCUT2D eigenvalue weighted by Gasteiger charge is -2.22. The Morgan fingerprint density at radius 1 is 1.64 bits per heavy atom. The highest BCUT2D eigenvalue weighted by atomic mass is 32.2. The molecule has 0 radical (unpaired) electrons. The van der Waals surface area contributed by atoms with Crippen LogP contribution < -0.4 is 5.32 Å². The molecule has 0 amide bonds. The largest absolute Gasteiger partial charge is 0.315 e. The van der Waals surface area contributed by atoms with Gasteiger partial charge in [0.2, 0.25) is 10.0 Å². The van der Waals surface area contributed by atoms with Gasteiger partial charge in [0.25, 0.3) is 0 Å². The first kappa shape index (κ1) is 11.7. The summed E-state index contributed by atoms with van der Waals surface area (Å²) in [4.78, 5) is 0. The number of hydrogen-bond acceptors (Lipinski definition) is 3. The predicted octanol–water partition coefficient (Wildman–Crippen LogP) is 0.186. The molecule has 0 aromatic heterocycles. The van der Waals surface area contributed by atoms with Gasteiger partial charge in [-0.25, -0.2) is 12.7 Å². The van der Waals surface area contributed by atoms with Crippen molar-refractivity contribution in [2.24, 2.45) is 0 Å². The van der Waals surface area contributed by atoms with Gasteiger partial charge < -0.3 is 5.32 Å². The average molecular weight is 218 g/mol. The van der Waals surface area contributed by atoms with E-state index >= 15 is 0 Å². The predicted molar refractivity (Wildman–Crippen MR) is 57.6 cm³/mol. The molecule has 4 nitrogen and oxygen atoms in total. The second kappa shape index (κ2) is 4.91. The summed E-state index contributed by atoms with van der Waals surface area (Å²) in [5.74, 6) is 0.170. The van der Waals surface area contributed by atoms with Crippen LogP contribution in [0.25, 0.3) is 0 Å². The Hall–Kier alpha value is -0.390. The van der Waals surface area contributed by atoms with Gasteiger partial charge in [-0.05, 0) is 19.4 Å². The molecule has 1 fully saturated rings. The van der Waals surface area contributed by atoms with E-state index in [1.165, 1.54) is 4.31 Å². The summed E-state index contributed by atoms with van der Waals surface area (Å²) in [6, 6.07) is 0.129. The third-order valence-corrected chi connectivity index (χ3v) is 4.49. The van der Waals surface area contributed by atoms with Gasteiger partial charge in [-0.2, -0.15) is 0 Å². The van der Waals surface area contributed by atoms with Crippen molar-refractivity contribution in [2.45, 2.75) is 18.9 Å². The van der Waals surface area contributed by atoms with E-state index < -0.39 is 10.0 Å². The first-order chi connectivity index (χ1) is 6.58. The van der Waals surface area contributed by atoms with Gasteiger partial charge in [0.05, 0.1) is 5.75 Å². The molecule has 1 unspecified atom stereocenters. The Morgan fingerprint density at radius 3 is 2.86 bits per heavy atom. The highest BCUT2D eigenvalue weighted by Gasteiger charge is 2.27. The number of likely N-dealkylation sites (N-methyl/N-ethyl adjacent to an activating group) is 1. The van der Waals surface area contributed by atoms with Crippen molar-refractivity contribution in [1.29, 1.82) is 0 Å². The topological polar surface area (TPSA) is 49.4 Å². The maximum atomic E-state index is 11.7. The Bertz CT molecular complexity index is 281. The van der Waals surface area contributed by atoms with Crippen molar-refractivity contribution in [1.82, 2.24) is 9.62 Å². The highest BCUT2D eigenvalue weighted by molar-refractivity contribution is 7.89. The van der Waals surface area contributed by atoms with Gasteiger partial charge in [-0.1, -0.05) is 6.08 Å². The van der Waals surface area contributed by atoms with E-state index in [9.17, 15) is 8.42 Å². The summed E-state index contributed by atoms with van der Waals surface area (Å²) in [5.41, 5.74) is 0. The lowest BCUT2D eigenvalue weighted by molar-refractivity contribution is 0.388. The molecular weight excluding hydrogens is 200 g/mol. The Morgan fingerprint density at radius 2 is 2.36 bits per heavy atom. The molecule has 1 N–H and O–H groups in total. The van der Waals surface area contributed by atoms with Crippen molar-refractivity contribution in [3.63, 3.8) is 0 Å². The maximum Gasteiger partial charge on any atom is 0.214 e. The molecule has 0 bridgehead atoms. The number of nitrogens with zero attached hydrogens (tertiary/aromatic N) is 1. The summed E-state index contributed by atoms with van der Waals surface area (Å²) >= 11 is 0. The summed E-state index contributed by atoms with van der Waals surface area (Å²) in [5, 5.41) is 3.16. The molecule has 1 rings (SSSR count). The fraction of sp³-hybridized carbons (Fsp3) is 0.778. The normalized spacial score (nSPS) is 22.9. The van der Waals surface area contributed by atoms with E-state index in [4.69, 9.17) is 0 Å². The molecule has 1 aliphatic rings. The van der Waals surface area contributed by atoms with E-state index in [2.05, 4.69) is 11.9 Å². The van der Waals surface area contributed by atoms with Crippen molar-refractivity contribution < 1.29 is 8.42 Å². The molecule has 5 heteroatoms. The van der Waals surface area contributed by atoms with E-state index in [-0.39, 0.29) is 11.8 Å². The minimum absolute atomic E-state index is 0.129. The first-order valence-electron chi connectivity index (χ1n) is 4.85. The van der Waals surface area contributed by atoms with Gasteiger partial charge in [-0.3, -0.25) is 0 Å². The van der Waals surface area contributed by atoms with Gasteiger partial charge in [-0.15, -0.1) is 6.58 Å². The highest BCUT2D eigenvalue weighted by Crippen LogP contribution is 2.11. The van der Waals surface area contributed by atoms with Crippen molar-refractivity contribution in [3.05, 3.63) is 12.7 Å². The molecule has 1 heterocycles. The van der Waals surface area contributed by atoms with Crippen LogP contribution in [-0.4, -0.2) is 44.7 Å². The van der Waals surface area contributed by atoms with Crippen LogP contribution in [0.5, 0.6) is 0 Å². The molecule has 82 valence electrons. The van der Waals surface area contributed by atoms with E-state index in [0.717, 1.165) is 19.5 Å². The zero-order chi connectivity index (χ0) is 10.6. The van der Waals surface area contributed by atoms with Crippen molar-refractivity contribution >= 4 is 10.0 Å². The Balaban J connectivity index is 2.56. The minimum Gasteiger partial charge on any atom is -0.315 e. The minimum atomic E-state index is -3.08. The number of allylic oxidation sites excluding steroid dienone is 1. The monoisotopic (exact) mass is 218 g/mol. The summed E-state index contributed by atoms with van der Waals surface area (Å²) in [6.45, 7) is 5.20. The molecule has 0 spiro atoms. The lowest BCUT2D eigenvalue weighted by Crippen LogP contribution is -2.39. The molecular formula is C9H18N2O2S. The molecule has 1 atom stereocenters. The Kier molecular flexibility index (Phi) is 4.10. The quantitative estimate of drug-likeness (QED) is 0.670.